The van der Waals surface area contributed by atoms with E-state index in [0.29, 0.717) is 12.8 Å². The van der Waals surface area contributed by atoms with Crippen LogP contribution in [0.2, 0.25) is 5.02 Å². The number of aliphatic carboxylic acids is 1. The smallest absolute Gasteiger partial charge is 0.308 e. The summed E-state index contributed by atoms with van der Waals surface area (Å²) in [5.41, 5.74) is 0.228. The summed E-state index contributed by atoms with van der Waals surface area (Å²) in [7, 11) is 0. The number of nitrogens with one attached hydrogen (secondary N) is 1. The SMILES string of the molecule is O=C(NC1CCCCC1C(=O)O)c1ccc(F)c(Cl)c1. The van der Waals surface area contributed by atoms with Gasteiger partial charge in [-0.15, -0.1) is 0 Å². The first-order chi connectivity index (χ1) is 9.49. The molecule has 0 radical (unpaired) electrons. The Balaban J connectivity index is 2.09. The van der Waals surface area contributed by atoms with Gasteiger partial charge in [0.2, 0.25) is 0 Å². The molecular weight excluding hydrogens is 285 g/mol. The van der Waals surface area contributed by atoms with Crippen LogP contribution < -0.4 is 5.32 Å². The molecule has 20 heavy (non-hydrogen) atoms. The van der Waals surface area contributed by atoms with Crippen LogP contribution in [0.1, 0.15) is 36.0 Å². The molecule has 2 unspecified atom stereocenters. The van der Waals surface area contributed by atoms with E-state index < -0.39 is 29.7 Å². The topological polar surface area (TPSA) is 66.4 Å². The minimum atomic E-state index is -0.896. The van der Waals surface area contributed by atoms with E-state index in [9.17, 15) is 14.0 Å². The van der Waals surface area contributed by atoms with Crippen LogP contribution in [-0.4, -0.2) is 23.0 Å². The summed E-state index contributed by atoms with van der Waals surface area (Å²) in [6.45, 7) is 0. The highest BCUT2D eigenvalue weighted by Gasteiger charge is 2.32. The Kier molecular flexibility index (Phi) is 4.60. The van der Waals surface area contributed by atoms with Gasteiger partial charge in [-0.05, 0) is 31.0 Å². The zero-order valence-corrected chi connectivity index (χ0v) is 11.5. The second-order valence-corrected chi connectivity index (χ2v) is 5.35. The summed E-state index contributed by atoms with van der Waals surface area (Å²) in [5, 5.41) is 11.7. The molecule has 1 aliphatic carbocycles. The molecule has 0 aromatic heterocycles. The van der Waals surface area contributed by atoms with E-state index in [1.165, 1.54) is 12.1 Å². The molecule has 2 N–H and O–H groups in total. The third-order valence-electron chi connectivity index (χ3n) is 3.58. The largest absolute Gasteiger partial charge is 0.481 e. The molecule has 0 heterocycles. The number of rotatable bonds is 3. The monoisotopic (exact) mass is 299 g/mol. The number of carboxylic acid groups (broad SMARTS) is 1. The van der Waals surface area contributed by atoms with Gasteiger partial charge in [0.25, 0.3) is 5.91 Å². The molecule has 1 aromatic carbocycles. The van der Waals surface area contributed by atoms with Gasteiger partial charge in [-0.25, -0.2) is 4.39 Å². The van der Waals surface area contributed by atoms with Crippen molar-refractivity contribution in [2.24, 2.45) is 5.92 Å². The van der Waals surface area contributed by atoms with Gasteiger partial charge in [0, 0.05) is 11.6 Å². The lowest BCUT2D eigenvalue weighted by atomic mass is 9.84. The first kappa shape index (κ1) is 14.8. The van der Waals surface area contributed by atoms with Gasteiger partial charge in [-0.3, -0.25) is 9.59 Å². The molecule has 108 valence electrons. The molecule has 0 saturated heterocycles. The standard InChI is InChI=1S/C14H15ClFNO3/c15-10-7-8(5-6-11(10)16)13(18)17-12-4-2-1-3-9(12)14(19)20/h5-7,9,12H,1-4H2,(H,17,18)(H,19,20). The van der Waals surface area contributed by atoms with E-state index >= 15 is 0 Å². The Morgan fingerprint density at radius 2 is 2.00 bits per heavy atom. The number of benzene rings is 1. The van der Waals surface area contributed by atoms with Crippen molar-refractivity contribution >= 4 is 23.5 Å². The lowest BCUT2D eigenvalue weighted by Crippen LogP contribution is -2.45. The van der Waals surface area contributed by atoms with Crippen molar-refractivity contribution in [3.63, 3.8) is 0 Å². The Bertz CT molecular complexity index is 535. The minimum absolute atomic E-state index is 0.129. The number of carbonyl (C=O) groups excluding carboxylic acids is 1. The van der Waals surface area contributed by atoms with Gasteiger partial charge in [-0.2, -0.15) is 0 Å². The van der Waals surface area contributed by atoms with Crippen molar-refractivity contribution in [3.8, 4) is 0 Å². The van der Waals surface area contributed by atoms with Crippen molar-refractivity contribution < 1.29 is 19.1 Å². The summed E-state index contributed by atoms with van der Waals surface area (Å²) in [6, 6.07) is 3.30. The molecule has 4 nitrogen and oxygen atoms in total. The molecular formula is C14H15ClFNO3. The Morgan fingerprint density at radius 3 is 2.65 bits per heavy atom. The van der Waals surface area contributed by atoms with E-state index in [1.807, 2.05) is 0 Å². The van der Waals surface area contributed by atoms with Gasteiger partial charge in [0.1, 0.15) is 5.82 Å². The number of carboxylic acids is 1. The summed E-state index contributed by atoms with van der Waals surface area (Å²) < 4.78 is 13.0. The van der Waals surface area contributed by atoms with Crippen molar-refractivity contribution in [2.75, 3.05) is 0 Å². The Morgan fingerprint density at radius 1 is 1.30 bits per heavy atom. The molecule has 6 heteroatoms. The van der Waals surface area contributed by atoms with Crippen LogP contribution in [0.5, 0.6) is 0 Å². The lowest BCUT2D eigenvalue weighted by Gasteiger charge is -2.29. The third-order valence-corrected chi connectivity index (χ3v) is 3.87. The highest BCUT2D eigenvalue weighted by molar-refractivity contribution is 6.31. The molecule has 1 saturated carbocycles. The van der Waals surface area contributed by atoms with Crippen LogP contribution in [0.15, 0.2) is 18.2 Å². The van der Waals surface area contributed by atoms with Crippen LogP contribution >= 0.6 is 11.6 Å². The van der Waals surface area contributed by atoms with E-state index in [1.54, 1.807) is 0 Å². The molecule has 1 amide bonds. The lowest BCUT2D eigenvalue weighted by molar-refractivity contribution is -0.143. The second kappa shape index (κ2) is 6.22. The average Bonchev–Trinajstić information content (AvgIpc) is 2.42. The Labute approximate surface area is 120 Å². The zero-order chi connectivity index (χ0) is 14.7. The maximum absolute atomic E-state index is 13.0. The average molecular weight is 300 g/mol. The molecule has 0 aliphatic heterocycles. The molecule has 2 atom stereocenters. The van der Waals surface area contributed by atoms with Crippen molar-refractivity contribution in [3.05, 3.63) is 34.6 Å². The predicted octanol–water partition coefficient (Wildman–Crippen LogP) is 2.85. The van der Waals surface area contributed by atoms with E-state index in [2.05, 4.69) is 5.32 Å². The van der Waals surface area contributed by atoms with Crippen LogP contribution in [0.25, 0.3) is 0 Å². The fourth-order valence-corrected chi connectivity index (χ4v) is 2.67. The normalized spacial score (nSPS) is 22.3. The van der Waals surface area contributed by atoms with Crippen LogP contribution in [-0.2, 0) is 4.79 Å². The number of hydrogen-bond acceptors (Lipinski definition) is 2. The van der Waals surface area contributed by atoms with Gasteiger partial charge >= 0.3 is 5.97 Å². The summed E-state index contributed by atoms with van der Waals surface area (Å²) in [4.78, 5) is 23.2. The van der Waals surface area contributed by atoms with Crippen molar-refractivity contribution in [2.45, 2.75) is 31.7 Å². The summed E-state index contributed by atoms with van der Waals surface area (Å²) in [6.07, 6.45) is 2.94. The number of carbonyl (C=O) groups is 2. The van der Waals surface area contributed by atoms with E-state index in [-0.39, 0.29) is 10.6 Å². The fraction of sp³-hybridized carbons (Fsp3) is 0.429. The van der Waals surface area contributed by atoms with Crippen molar-refractivity contribution in [1.82, 2.24) is 5.32 Å². The Hall–Kier alpha value is -1.62. The first-order valence-corrected chi connectivity index (χ1v) is 6.85. The summed E-state index contributed by atoms with van der Waals surface area (Å²) in [5.74, 6) is -2.48. The molecule has 0 spiro atoms. The molecule has 2 rings (SSSR count). The highest BCUT2D eigenvalue weighted by atomic mass is 35.5. The van der Waals surface area contributed by atoms with Gasteiger partial charge in [0.05, 0.1) is 10.9 Å². The van der Waals surface area contributed by atoms with Crippen LogP contribution in [0.3, 0.4) is 0 Å². The van der Waals surface area contributed by atoms with E-state index in [0.717, 1.165) is 18.9 Å². The molecule has 1 aromatic rings. The quantitative estimate of drug-likeness (QED) is 0.902. The number of amides is 1. The predicted molar refractivity (Wildman–Crippen MR) is 72.3 cm³/mol. The van der Waals surface area contributed by atoms with Crippen LogP contribution in [0, 0.1) is 11.7 Å². The van der Waals surface area contributed by atoms with Gasteiger partial charge in [-0.1, -0.05) is 24.4 Å². The first-order valence-electron chi connectivity index (χ1n) is 6.48. The maximum Gasteiger partial charge on any atom is 0.308 e. The number of hydrogen-bond donors (Lipinski definition) is 2. The number of halogens is 2. The summed E-state index contributed by atoms with van der Waals surface area (Å²) >= 11 is 5.63. The maximum atomic E-state index is 13.0. The molecule has 0 bridgehead atoms. The van der Waals surface area contributed by atoms with Crippen LogP contribution in [0.4, 0.5) is 4.39 Å². The van der Waals surface area contributed by atoms with E-state index in [4.69, 9.17) is 16.7 Å². The third kappa shape index (κ3) is 3.28. The minimum Gasteiger partial charge on any atom is -0.481 e. The van der Waals surface area contributed by atoms with Gasteiger partial charge < -0.3 is 10.4 Å². The fourth-order valence-electron chi connectivity index (χ4n) is 2.49. The highest BCUT2D eigenvalue weighted by Crippen LogP contribution is 2.25. The van der Waals surface area contributed by atoms with Gasteiger partial charge in [0.15, 0.2) is 0 Å². The molecule has 1 fully saturated rings. The van der Waals surface area contributed by atoms with Crippen molar-refractivity contribution in [1.29, 1.82) is 0 Å². The zero-order valence-electron chi connectivity index (χ0n) is 10.7. The molecule has 1 aliphatic rings. The second-order valence-electron chi connectivity index (χ2n) is 4.94.